The molecule has 0 aromatic heterocycles. The van der Waals surface area contributed by atoms with Crippen molar-refractivity contribution in [3.63, 3.8) is 0 Å². The summed E-state index contributed by atoms with van der Waals surface area (Å²) < 4.78 is 105. The van der Waals surface area contributed by atoms with Crippen molar-refractivity contribution in [2.75, 3.05) is 0 Å². The van der Waals surface area contributed by atoms with Crippen LogP contribution in [-0.4, -0.2) is 18.5 Å². The highest BCUT2D eigenvalue weighted by atomic mass is 19.4. The van der Waals surface area contributed by atoms with Gasteiger partial charge >= 0.3 is 18.5 Å². The second kappa shape index (κ2) is 6.51. The molecule has 0 aromatic rings. The third-order valence-corrected chi connectivity index (χ3v) is 5.51. The highest BCUT2D eigenvalue weighted by Gasteiger charge is 2.60. The van der Waals surface area contributed by atoms with Gasteiger partial charge in [0.1, 0.15) is 0 Å². The number of halogens is 9. The first-order valence-electron chi connectivity index (χ1n) is 8.07. The molecular weight excluding hydrogens is 363 g/mol. The summed E-state index contributed by atoms with van der Waals surface area (Å²) in [4.78, 5) is 0. The average molecular weight is 386 g/mol. The van der Waals surface area contributed by atoms with Gasteiger partial charge in [-0.05, 0) is 38.5 Å². The Morgan fingerprint density at radius 2 is 0.640 bits per heavy atom. The van der Waals surface area contributed by atoms with Crippen molar-refractivity contribution in [3.05, 3.63) is 0 Å². The third-order valence-electron chi connectivity index (χ3n) is 5.51. The third kappa shape index (κ3) is 5.42. The Bertz CT molecular complexity index is 409. The first-order valence-corrected chi connectivity index (χ1v) is 8.07. The van der Waals surface area contributed by atoms with E-state index >= 15 is 0 Å². The molecule has 0 saturated heterocycles. The first kappa shape index (κ1) is 22.4. The molecule has 0 atom stereocenters. The molecule has 3 fully saturated rings. The molecule has 0 aliphatic heterocycles. The van der Waals surface area contributed by atoms with Crippen LogP contribution in [0.5, 0.6) is 0 Å². The lowest BCUT2D eigenvalue weighted by molar-refractivity contribution is -0.242. The summed E-state index contributed by atoms with van der Waals surface area (Å²) in [5, 5.41) is 0. The lowest BCUT2D eigenvalue weighted by Crippen LogP contribution is -2.40. The Kier molecular flexibility index (Phi) is 5.84. The minimum absolute atomic E-state index is 0.316. The summed E-state index contributed by atoms with van der Waals surface area (Å²) in [7, 11) is 0. The van der Waals surface area contributed by atoms with Gasteiger partial charge in [-0.25, -0.2) is 0 Å². The Hall–Kier alpha value is -0.630. The molecule has 0 amide bonds. The van der Waals surface area contributed by atoms with E-state index in [0.717, 1.165) is 6.42 Å². The molecule has 0 bridgehead atoms. The van der Waals surface area contributed by atoms with E-state index in [0.29, 0.717) is 38.5 Å². The normalized spacial score (nSPS) is 25.4. The molecule has 0 N–H and O–H groups in total. The van der Waals surface area contributed by atoms with E-state index in [-0.39, 0.29) is 0 Å². The summed E-state index contributed by atoms with van der Waals surface area (Å²) in [6.45, 7) is 3.80. The predicted octanol–water partition coefficient (Wildman–Crippen LogP) is 7.44. The van der Waals surface area contributed by atoms with E-state index < -0.39 is 34.8 Å². The molecule has 0 radical (unpaired) electrons. The van der Waals surface area contributed by atoms with Crippen LogP contribution in [0.4, 0.5) is 39.5 Å². The van der Waals surface area contributed by atoms with Gasteiger partial charge in [0, 0.05) is 0 Å². The van der Waals surface area contributed by atoms with E-state index in [4.69, 9.17) is 0 Å². The molecule has 9 heteroatoms. The number of hydrogen-bond acceptors (Lipinski definition) is 0. The maximum atomic E-state index is 11.9. The second-order valence-corrected chi connectivity index (χ2v) is 8.03. The van der Waals surface area contributed by atoms with Gasteiger partial charge in [-0.15, -0.1) is 0 Å². The minimum atomic E-state index is -3.97. The van der Waals surface area contributed by atoms with Gasteiger partial charge in [0.15, 0.2) is 0 Å². The van der Waals surface area contributed by atoms with Crippen LogP contribution in [0.25, 0.3) is 0 Å². The molecule has 25 heavy (non-hydrogen) atoms. The molecular formula is C16H23F9. The fourth-order valence-corrected chi connectivity index (χ4v) is 1.93. The molecule has 3 rings (SSSR count). The lowest BCUT2D eigenvalue weighted by Gasteiger charge is -2.39. The van der Waals surface area contributed by atoms with Crippen LogP contribution in [0.2, 0.25) is 0 Å². The quantitative estimate of drug-likeness (QED) is 0.380. The second-order valence-electron chi connectivity index (χ2n) is 8.03. The zero-order valence-electron chi connectivity index (χ0n) is 14.4. The van der Waals surface area contributed by atoms with E-state index in [1.54, 1.807) is 0 Å². The standard InChI is InChI=1S/C6H9F3.2C5H7F3/c1-5(3-2-4-5)6(7,8)9;2*1-4(2-3-4)5(6,7)8/h2-4H2,1H3;2*2-3H2,1H3. The summed E-state index contributed by atoms with van der Waals surface area (Å²) in [5.41, 5.74) is -3.97. The molecule has 150 valence electrons. The fourth-order valence-electron chi connectivity index (χ4n) is 1.93. The van der Waals surface area contributed by atoms with Crippen LogP contribution in [0.15, 0.2) is 0 Å². The Labute approximate surface area is 141 Å². The van der Waals surface area contributed by atoms with E-state index in [1.165, 1.54) is 20.8 Å². The molecule has 0 heterocycles. The Morgan fingerprint density at radius 3 is 0.640 bits per heavy atom. The van der Waals surface area contributed by atoms with Gasteiger partial charge in [-0.2, -0.15) is 39.5 Å². The van der Waals surface area contributed by atoms with E-state index in [2.05, 4.69) is 0 Å². The summed E-state index contributed by atoms with van der Waals surface area (Å²) in [6, 6.07) is 0. The molecule has 0 aromatic carbocycles. The zero-order chi connectivity index (χ0) is 19.9. The maximum absolute atomic E-state index is 11.9. The number of alkyl halides is 9. The maximum Gasteiger partial charge on any atom is 0.394 e. The SMILES string of the molecule is CC1(C(F)(F)F)CC1.CC1(C(F)(F)F)CC1.CC1(C(F)(F)F)CCC1. The highest BCUT2D eigenvalue weighted by molar-refractivity contribution is 4.95. The molecule has 3 saturated carbocycles. The van der Waals surface area contributed by atoms with Crippen LogP contribution >= 0.6 is 0 Å². The average Bonchev–Trinajstić information content (AvgIpc) is 3.24. The number of hydrogen-bond donors (Lipinski definition) is 0. The van der Waals surface area contributed by atoms with Crippen LogP contribution in [0, 0.1) is 16.2 Å². The fraction of sp³-hybridized carbons (Fsp3) is 1.00. The van der Waals surface area contributed by atoms with Crippen molar-refractivity contribution in [2.45, 2.75) is 84.2 Å². The van der Waals surface area contributed by atoms with Gasteiger partial charge in [-0.3, -0.25) is 0 Å². The Balaban J connectivity index is 0.000000188. The summed E-state index contributed by atoms with van der Waals surface area (Å²) >= 11 is 0. The predicted molar refractivity (Wildman–Crippen MR) is 74.8 cm³/mol. The van der Waals surface area contributed by atoms with Crippen LogP contribution in [-0.2, 0) is 0 Å². The monoisotopic (exact) mass is 386 g/mol. The first-order chi connectivity index (χ1) is 10.9. The molecule has 0 unspecified atom stereocenters. The molecule has 3 aliphatic rings. The van der Waals surface area contributed by atoms with Crippen molar-refractivity contribution < 1.29 is 39.5 Å². The molecule has 0 nitrogen and oxygen atoms in total. The minimum Gasteiger partial charge on any atom is -0.171 e. The van der Waals surface area contributed by atoms with Gasteiger partial charge in [0.25, 0.3) is 0 Å². The van der Waals surface area contributed by atoms with Gasteiger partial charge in [-0.1, -0.05) is 27.2 Å². The topological polar surface area (TPSA) is 0 Å². The largest absolute Gasteiger partial charge is 0.394 e. The Morgan fingerprint density at radius 1 is 0.440 bits per heavy atom. The van der Waals surface area contributed by atoms with E-state index in [1.807, 2.05) is 0 Å². The van der Waals surface area contributed by atoms with Crippen LogP contribution in [0.1, 0.15) is 65.7 Å². The van der Waals surface area contributed by atoms with Gasteiger partial charge < -0.3 is 0 Å². The van der Waals surface area contributed by atoms with Crippen molar-refractivity contribution >= 4 is 0 Å². The van der Waals surface area contributed by atoms with Crippen molar-refractivity contribution in [3.8, 4) is 0 Å². The van der Waals surface area contributed by atoms with Crippen LogP contribution in [0.3, 0.4) is 0 Å². The summed E-state index contributed by atoms with van der Waals surface area (Å²) in [5.74, 6) is 0. The molecule has 0 spiro atoms. The highest BCUT2D eigenvalue weighted by Crippen LogP contribution is 2.57. The lowest BCUT2D eigenvalue weighted by atomic mass is 9.70. The van der Waals surface area contributed by atoms with Crippen molar-refractivity contribution in [2.24, 2.45) is 16.2 Å². The van der Waals surface area contributed by atoms with E-state index in [9.17, 15) is 39.5 Å². The van der Waals surface area contributed by atoms with Crippen molar-refractivity contribution in [1.82, 2.24) is 0 Å². The summed E-state index contributed by atoms with van der Waals surface area (Å²) in [6.07, 6.45) is -9.24. The number of rotatable bonds is 0. The molecule has 3 aliphatic carbocycles. The zero-order valence-corrected chi connectivity index (χ0v) is 14.4. The van der Waals surface area contributed by atoms with Gasteiger partial charge in [0.05, 0.1) is 16.2 Å². The smallest absolute Gasteiger partial charge is 0.171 e. The van der Waals surface area contributed by atoms with Gasteiger partial charge in [0.2, 0.25) is 0 Å². The van der Waals surface area contributed by atoms with Crippen molar-refractivity contribution in [1.29, 1.82) is 0 Å². The van der Waals surface area contributed by atoms with Crippen LogP contribution < -0.4 is 0 Å².